The number of benzene rings is 2. The first-order valence-corrected chi connectivity index (χ1v) is 14.2. The minimum absolute atomic E-state index is 0.155. The summed E-state index contributed by atoms with van der Waals surface area (Å²) in [6.07, 6.45) is 5.34. The van der Waals surface area contributed by atoms with Crippen LogP contribution in [0, 0.1) is 6.92 Å². The summed E-state index contributed by atoms with van der Waals surface area (Å²) in [6.45, 7) is 5.61. The Morgan fingerprint density at radius 2 is 1.85 bits per heavy atom. The van der Waals surface area contributed by atoms with Crippen molar-refractivity contribution in [2.75, 3.05) is 5.32 Å². The number of hydrogen-bond donors (Lipinski definition) is 1. The van der Waals surface area contributed by atoms with Gasteiger partial charge in [-0.15, -0.1) is 11.3 Å². The third-order valence-electron chi connectivity index (χ3n) is 6.43. The van der Waals surface area contributed by atoms with Gasteiger partial charge >= 0.3 is 5.97 Å². The van der Waals surface area contributed by atoms with Crippen LogP contribution >= 0.6 is 22.9 Å². The van der Waals surface area contributed by atoms with Crippen molar-refractivity contribution >= 4 is 51.7 Å². The molecular weight excluding hydrogens is 532 g/mol. The molecule has 0 unspecified atom stereocenters. The lowest BCUT2D eigenvalue weighted by molar-refractivity contribution is 0.0378. The second-order valence-electron chi connectivity index (χ2n) is 9.82. The van der Waals surface area contributed by atoms with Gasteiger partial charge in [0, 0.05) is 21.2 Å². The summed E-state index contributed by atoms with van der Waals surface area (Å²) in [5, 5.41) is 4.17. The average Bonchev–Trinajstić information content (AvgIpc) is 3.53. The fraction of sp³-hybridized carbons (Fsp3) is 0.258. The molecule has 1 N–H and O–H groups in total. The molecule has 0 atom stereocenters. The number of hydrogen-bond acceptors (Lipinski definition) is 6. The van der Waals surface area contributed by atoms with E-state index in [0.717, 1.165) is 42.5 Å². The minimum Gasteiger partial charge on any atom is -0.459 e. The summed E-state index contributed by atoms with van der Waals surface area (Å²) in [6, 6.07) is 16.3. The predicted octanol–water partition coefficient (Wildman–Crippen LogP) is 8.42. The van der Waals surface area contributed by atoms with Crippen LogP contribution in [0.1, 0.15) is 69.2 Å². The van der Waals surface area contributed by atoms with E-state index in [1.807, 2.05) is 31.2 Å². The number of aryl methyl sites for hydroxylation is 2. The van der Waals surface area contributed by atoms with Crippen molar-refractivity contribution in [3.05, 3.63) is 92.5 Å². The predicted molar refractivity (Wildman–Crippen MR) is 157 cm³/mol. The molecule has 2 heterocycles. The highest BCUT2D eigenvalue weighted by Gasteiger charge is 2.25. The van der Waals surface area contributed by atoms with Crippen LogP contribution in [0.4, 0.5) is 10.7 Å². The average molecular weight is 561 g/mol. The fourth-order valence-electron chi connectivity index (χ4n) is 4.57. The number of thiophene rings is 1. The molecule has 0 saturated heterocycles. The number of halogens is 1. The Balaban J connectivity index is 1.44. The Bertz CT molecular complexity index is 1550. The number of nitrogens with zero attached hydrogens (tertiary/aromatic N) is 1. The fourth-order valence-corrected chi connectivity index (χ4v) is 5.97. The molecule has 0 saturated carbocycles. The number of carbonyl (C=O) groups excluding carboxylic acids is 2. The Hall–Kier alpha value is -3.68. The number of rotatable bonds is 7. The summed E-state index contributed by atoms with van der Waals surface area (Å²) in [7, 11) is 0. The van der Waals surface area contributed by atoms with Gasteiger partial charge < -0.3 is 14.5 Å². The molecule has 6 nitrogen and oxygen atoms in total. The smallest absolute Gasteiger partial charge is 0.339 e. The molecule has 1 amide bonds. The van der Waals surface area contributed by atoms with E-state index >= 15 is 0 Å². The highest BCUT2D eigenvalue weighted by Crippen LogP contribution is 2.40. The number of ether oxygens (including phenoxy) is 1. The van der Waals surface area contributed by atoms with Gasteiger partial charge in [0.1, 0.15) is 16.5 Å². The van der Waals surface area contributed by atoms with Crippen molar-refractivity contribution in [2.45, 2.75) is 52.6 Å². The summed E-state index contributed by atoms with van der Waals surface area (Å²) in [5.41, 5.74) is 4.51. The molecule has 0 aliphatic heterocycles. The maximum absolute atomic E-state index is 13.4. The third-order valence-corrected chi connectivity index (χ3v) is 7.87. The van der Waals surface area contributed by atoms with E-state index < -0.39 is 5.97 Å². The molecule has 1 aliphatic rings. The summed E-state index contributed by atoms with van der Waals surface area (Å²) in [5.74, 6) is 0.358. The van der Waals surface area contributed by atoms with Crippen LogP contribution in [0.2, 0.25) is 5.02 Å². The zero-order valence-corrected chi connectivity index (χ0v) is 23.6. The molecule has 1 aliphatic carbocycles. The number of amides is 1. The van der Waals surface area contributed by atoms with Crippen LogP contribution in [-0.4, -0.2) is 24.2 Å². The van der Waals surface area contributed by atoms with Crippen LogP contribution in [0.25, 0.3) is 11.3 Å². The van der Waals surface area contributed by atoms with E-state index in [0.29, 0.717) is 38.2 Å². The molecule has 5 rings (SSSR count). The molecule has 2 aromatic carbocycles. The topological polar surface area (TPSA) is 80.9 Å². The van der Waals surface area contributed by atoms with Crippen LogP contribution in [0.15, 0.2) is 64.0 Å². The first kappa shape index (κ1) is 26.9. The van der Waals surface area contributed by atoms with Crippen molar-refractivity contribution in [1.82, 2.24) is 0 Å². The van der Waals surface area contributed by atoms with Gasteiger partial charge in [-0.25, -0.2) is 9.79 Å². The highest BCUT2D eigenvalue weighted by atomic mass is 35.5. The van der Waals surface area contributed by atoms with Crippen LogP contribution in [0.3, 0.4) is 0 Å². The Kier molecular flexibility index (Phi) is 8.00. The number of anilines is 1. The third kappa shape index (κ3) is 6.15. The first-order chi connectivity index (χ1) is 18.8. The van der Waals surface area contributed by atoms with Gasteiger partial charge in [-0.3, -0.25) is 4.79 Å². The van der Waals surface area contributed by atoms with Crippen molar-refractivity contribution in [3.8, 4) is 11.3 Å². The lowest BCUT2D eigenvalue weighted by atomic mass is 9.95. The number of fused-ring (bicyclic) bond motifs is 1. The minimum atomic E-state index is -0.448. The molecule has 0 fully saturated rings. The van der Waals surface area contributed by atoms with E-state index in [-0.39, 0.29) is 12.0 Å². The zero-order chi connectivity index (χ0) is 27.5. The van der Waals surface area contributed by atoms with Crippen molar-refractivity contribution < 1.29 is 18.7 Å². The number of furan rings is 1. The van der Waals surface area contributed by atoms with Crippen molar-refractivity contribution in [1.29, 1.82) is 0 Å². The first-order valence-electron chi connectivity index (χ1n) is 13.0. The van der Waals surface area contributed by atoms with Gasteiger partial charge in [0.05, 0.1) is 23.4 Å². The molecule has 8 heteroatoms. The number of carbonyl (C=O) groups is 2. The molecule has 39 heavy (non-hydrogen) atoms. The second kappa shape index (κ2) is 11.6. The molecule has 0 spiro atoms. The van der Waals surface area contributed by atoms with E-state index in [1.54, 1.807) is 61.7 Å². The van der Waals surface area contributed by atoms with Gasteiger partial charge in [-0.1, -0.05) is 29.3 Å². The van der Waals surface area contributed by atoms with E-state index in [2.05, 4.69) is 5.32 Å². The largest absolute Gasteiger partial charge is 0.459 e. The molecule has 0 bridgehead atoms. The van der Waals surface area contributed by atoms with Crippen molar-refractivity contribution in [3.63, 3.8) is 0 Å². The Morgan fingerprint density at radius 1 is 1.08 bits per heavy atom. The lowest BCUT2D eigenvalue weighted by Gasteiger charge is -2.13. The van der Waals surface area contributed by atoms with Gasteiger partial charge in [0.15, 0.2) is 0 Å². The maximum Gasteiger partial charge on any atom is 0.339 e. The normalized spacial score (nSPS) is 13.1. The van der Waals surface area contributed by atoms with Gasteiger partial charge in [-0.2, -0.15) is 0 Å². The van der Waals surface area contributed by atoms with E-state index in [9.17, 15) is 9.59 Å². The number of aliphatic imine (C=N–C) groups is 1. The number of esters is 1. The molecule has 4 aromatic rings. The van der Waals surface area contributed by atoms with Crippen LogP contribution in [0.5, 0.6) is 0 Å². The molecule has 200 valence electrons. The SMILES string of the molecule is Cc1ccc(NC(=O)c2c(N=Cc3ccc(-c4cc(Cl)ccc4C(=O)OC(C)C)o3)sc3c2CCCC3)cc1. The number of nitrogens with one attached hydrogen (secondary N) is 1. The van der Waals surface area contributed by atoms with Gasteiger partial charge in [-0.05, 0) is 94.5 Å². The summed E-state index contributed by atoms with van der Waals surface area (Å²) >= 11 is 7.79. The van der Waals surface area contributed by atoms with Gasteiger partial charge in [0.2, 0.25) is 0 Å². The van der Waals surface area contributed by atoms with Crippen LogP contribution in [-0.2, 0) is 17.6 Å². The van der Waals surface area contributed by atoms with Crippen LogP contribution < -0.4 is 5.32 Å². The maximum atomic E-state index is 13.4. The van der Waals surface area contributed by atoms with Crippen molar-refractivity contribution in [2.24, 2.45) is 4.99 Å². The van der Waals surface area contributed by atoms with E-state index in [1.165, 1.54) is 4.88 Å². The molecule has 0 radical (unpaired) electrons. The summed E-state index contributed by atoms with van der Waals surface area (Å²) < 4.78 is 11.4. The molecular formula is C31H29ClN2O4S. The van der Waals surface area contributed by atoms with E-state index in [4.69, 9.17) is 25.7 Å². The monoisotopic (exact) mass is 560 g/mol. The standard InChI is InChI=1S/C31H29ClN2O4S/c1-18(2)37-31(36)23-14-10-20(32)16-25(23)26-15-13-22(38-26)17-33-30-28(24-6-4-5-7-27(24)39-30)29(35)34-21-11-8-19(3)9-12-21/h8-18H,4-7H2,1-3H3,(H,34,35). The molecule has 2 aromatic heterocycles. The zero-order valence-electron chi connectivity index (χ0n) is 22.0. The quantitative estimate of drug-likeness (QED) is 0.182. The van der Waals surface area contributed by atoms with Gasteiger partial charge in [0.25, 0.3) is 5.91 Å². The Morgan fingerprint density at radius 3 is 2.62 bits per heavy atom. The summed E-state index contributed by atoms with van der Waals surface area (Å²) in [4.78, 5) is 32.0. The lowest BCUT2D eigenvalue weighted by Crippen LogP contribution is -2.14. The Labute approximate surface area is 236 Å². The highest BCUT2D eigenvalue weighted by molar-refractivity contribution is 7.16. The second-order valence-corrected chi connectivity index (χ2v) is 11.3.